The van der Waals surface area contributed by atoms with Gasteiger partial charge in [-0.1, -0.05) is 6.07 Å². The van der Waals surface area contributed by atoms with Crippen molar-refractivity contribution in [3.05, 3.63) is 24.3 Å². The number of carbonyl (C=O) groups is 2. The van der Waals surface area contributed by atoms with Crippen molar-refractivity contribution in [3.8, 4) is 0 Å². The Morgan fingerprint density at radius 3 is 1.82 bits per heavy atom. The standard InChI is InChI=1S/C16H20N2O4/c19-15(13-6-2-8-21-13)17-11-4-1-5-12(10-11)18-16(20)14-7-3-9-22-14/h1,4-5,10,13-14H,2-3,6-9H2,(H,17,19)(H,18,20)/t13-,14-/m1/s1. The Bertz CT molecular complexity index is 504. The van der Waals surface area contributed by atoms with Gasteiger partial charge in [0.1, 0.15) is 12.2 Å². The first kappa shape index (κ1) is 15.0. The Hall–Kier alpha value is -1.92. The topological polar surface area (TPSA) is 76.7 Å². The second kappa shape index (κ2) is 6.89. The van der Waals surface area contributed by atoms with E-state index in [-0.39, 0.29) is 24.0 Å². The van der Waals surface area contributed by atoms with Crippen LogP contribution in [0.5, 0.6) is 0 Å². The van der Waals surface area contributed by atoms with E-state index >= 15 is 0 Å². The van der Waals surface area contributed by atoms with Crippen molar-refractivity contribution >= 4 is 23.2 Å². The quantitative estimate of drug-likeness (QED) is 0.891. The van der Waals surface area contributed by atoms with Gasteiger partial charge in [0.15, 0.2) is 0 Å². The molecular weight excluding hydrogens is 284 g/mol. The highest BCUT2D eigenvalue weighted by Gasteiger charge is 2.25. The molecule has 3 rings (SSSR count). The number of benzene rings is 1. The van der Waals surface area contributed by atoms with Crippen molar-refractivity contribution in [2.24, 2.45) is 0 Å². The lowest BCUT2D eigenvalue weighted by Crippen LogP contribution is -2.28. The first-order valence-corrected chi connectivity index (χ1v) is 7.67. The lowest BCUT2D eigenvalue weighted by atomic mass is 10.2. The third-order valence-electron chi connectivity index (χ3n) is 3.84. The molecule has 2 saturated heterocycles. The van der Waals surface area contributed by atoms with E-state index in [1.807, 2.05) is 0 Å². The average Bonchev–Trinajstić information content (AvgIpc) is 3.21. The van der Waals surface area contributed by atoms with Crippen LogP contribution < -0.4 is 10.6 Å². The summed E-state index contributed by atoms with van der Waals surface area (Å²) in [6, 6.07) is 7.10. The zero-order valence-corrected chi connectivity index (χ0v) is 12.3. The number of hydrogen-bond acceptors (Lipinski definition) is 4. The van der Waals surface area contributed by atoms with Crippen LogP contribution in [0.25, 0.3) is 0 Å². The van der Waals surface area contributed by atoms with Gasteiger partial charge in [-0.25, -0.2) is 0 Å². The van der Waals surface area contributed by atoms with Crippen LogP contribution in [0.3, 0.4) is 0 Å². The van der Waals surface area contributed by atoms with Gasteiger partial charge in [0.2, 0.25) is 0 Å². The normalized spacial score (nSPS) is 24.2. The molecule has 2 fully saturated rings. The SMILES string of the molecule is O=C(Nc1cccc(NC(=O)[C@H]2CCCO2)c1)[C@H]1CCCO1. The zero-order chi connectivity index (χ0) is 15.4. The van der Waals surface area contributed by atoms with Crippen LogP contribution in [0.2, 0.25) is 0 Å². The summed E-state index contributed by atoms with van der Waals surface area (Å²) in [4.78, 5) is 24.0. The number of nitrogens with one attached hydrogen (secondary N) is 2. The van der Waals surface area contributed by atoms with Crippen LogP contribution in [-0.2, 0) is 19.1 Å². The minimum atomic E-state index is -0.370. The van der Waals surface area contributed by atoms with Gasteiger partial charge in [-0.15, -0.1) is 0 Å². The summed E-state index contributed by atoms with van der Waals surface area (Å²) in [5.41, 5.74) is 1.29. The predicted octanol–water partition coefficient (Wildman–Crippen LogP) is 1.92. The predicted molar refractivity (Wildman–Crippen MR) is 81.6 cm³/mol. The fourth-order valence-electron chi connectivity index (χ4n) is 2.69. The fourth-order valence-corrected chi connectivity index (χ4v) is 2.69. The Morgan fingerprint density at radius 2 is 1.41 bits per heavy atom. The maximum Gasteiger partial charge on any atom is 0.253 e. The smallest absolute Gasteiger partial charge is 0.253 e. The molecule has 2 aliphatic rings. The minimum Gasteiger partial charge on any atom is -0.368 e. The van der Waals surface area contributed by atoms with E-state index in [9.17, 15) is 9.59 Å². The van der Waals surface area contributed by atoms with Gasteiger partial charge in [-0.2, -0.15) is 0 Å². The van der Waals surface area contributed by atoms with Gasteiger partial charge in [0, 0.05) is 24.6 Å². The molecule has 118 valence electrons. The van der Waals surface area contributed by atoms with Gasteiger partial charge in [0.05, 0.1) is 0 Å². The number of hydrogen-bond donors (Lipinski definition) is 2. The van der Waals surface area contributed by atoms with E-state index in [2.05, 4.69) is 10.6 Å². The van der Waals surface area contributed by atoms with Gasteiger partial charge in [-0.3, -0.25) is 9.59 Å². The van der Waals surface area contributed by atoms with Crippen LogP contribution in [-0.4, -0.2) is 37.2 Å². The fraction of sp³-hybridized carbons (Fsp3) is 0.500. The van der Waals surface area contributed by atoms with Gasteiger partial charge >= 0.3 is 0 Å². The highest BCUT2D eigenvalue weighted by Crippen LogP contribution is 2.20. The van der Waals surface area contributed by atoms with Crippen LogP contribution >= 0.6 is 0 Å². The average molecular weight is 304 g/mol. The summed E-state index contributed by atoms with van der Waals surface area (Å²) in [5, 5.41) is 5.64. The zero-order valence-electron chi connectivity index (χ0n) is 12.3. The molecule has 2 atom stereocenters. The highest BCUT2D eigenvalue weighted by atomic mass is 16.5. The van der Waals surface area contributed by atoms with Crippen molar-refractivity contribution in [1.82, 2.24) is 0 Å². The molecule has 2 amide bonds. The Kier molecular flexibility index (Phi) is 4.70. The molecule has 0 spiro atoms. The van der Waals surface area contributed by atoms with Crippen LogP contribution in [0.1, 0.15) is 25.7 Å². The summed E-state index contributed by atoms with van der Waals surface area (Å²) in [7, 11) is 0. The van der Waals surface area contributed by atoms with E-state index in [4.69, 9.17) is 9.47 Å². The molecule has 6 nitrogen and oxygen atoms in total. The Balaban J connectivity index is 1.59. The van der Waals surface area contributed by atoms with Crippen LogP contribution in [0.4, 0.5) is 11.4 Å². The molecule has 1 aromatic carbocycles. The molecule has 0 unspecified atom stereocenters. The Morgan fingerprint density at radius 1 is 0.909 bits per heavy atom. The Labute approximate surface area is 129 Å². The maximum absolute atomic E-state index is 12.0. The number of amides is 2. The molecule has 0 bridgehead atoms. The molecule has 0 saturated carbocycles. The van der Waals surface area contributed by atoms with Crippen molar-refractivity contribution in [1.29, 1.82) is 0 Å². The molecule has 22 heavy (non-hydrogen) atoms. The first-order chi connectivity index (χ1) is 10.7. The van der Waals surface area contributed by atoms with Gasteiger partial charge < -0.3 is 20.1 Å². The summed E-state index contributed by atoms with van der Waals surface area (Å²) in [6.07, 6.45) is 2.59. The van der Waals surface area contributed by atoms with Crippen molar-refractivity contribution in [2.75, 3.05) is 23.8 Å². The largest absolute Gasteiger partial charge is 0.368 e. The minimum absolute atomic E-state index is 0.139. The van der Waals surface area contributed by atoms with Crippen molar-refractivity contribution in [3.63, 3.8) is 0 Å². The summed E-state index contributed by atoms with van der Waals surface area (Å²) in [5.74, 6) is -0.278. The monoisotopic (exact) mass is 304 g/mol. The molecule has 0 aliphatic carbocycles. The molecule has 2 heterocycles. The number of rotatable bonds is 4. The molecule has 2 N–H and O–H groups in total. The third-order valence-corrected chi connectivity index (χ3v) is 3.84. The molecule has 6 heteroatoms. The second-order valence-electron chi connectivity index (χ2n) is 5.56. The molecule has 2 aliphatic heterocycles. The van der Waals surface area contributed by atoms with Crippen molar-refractivity contribution < 1.29 is 19.1 Å². The molecule has 0 radical (unpaired) electrons. The van der Waals surface area contributed by atoms with E-state index < -0.39 is 0 Å². The first-order valence-electron chi connectivity index (χ1n) is 7.67. The lowest BCUT2D eigenvalue weighted by molar-refractivity contribution is -0.125. The van der Waals surface area contributed by atoms with Gasteiger partial charge in [0.25, 0.3) is 11.8 Å². The van der Waals surface area contributed by atoms with E-state index in [1.165, 1.54) is 0 Å². The molecule has 0 aromatic heterocycles. The van der Waals surface area contributed by atoms with E-state index in [0.29, 0.717) is 24.6 Å². The third kappa shape index (κ3) is 3.64. The summed E-state index contributed by atoms with van der Waals surface area (Å²) >= 11 is 0. The summed E-state index contributed by atoms with van der Waals surface area (Å²) in [6.45, 7) is 1.27. The summed E-state index contributed by atoms with van der Waals surface area (Å²) < 4.78 is 10.7. The van der Waals surface area contributed by atoms with Crippen LogP contribution in [0, 0.1) is 0 Å². The number of ether oxygens (including phenoxy) is 2. The lowest BCUT2D eigenvalue weighted by Gasteiger charge is -2.13. The van der Waals surface area contributed by atoms with E-state index in [0.717, 1.165) is 25.7 Å². The van der Waals surface area contributed by atoms with Crippen molar-refractivity contribution in [2.45, 2.75) is 37.9 Å². The van der Waals surface area contributed by atoms with Crippen LogP contribution in [0.15, 0.2) is 24.3 Å². The van der Waals surface area contributed by atoms with E-state index in [1.54, 1.807) is 24.3 Å². The number of anilines is 2. The molecular formula is C16H20N2O4. The van der Waals surface area contributed by atoms with Gasteiger partial charge in [-0.05, 0) is 43.9 Å². The highest BCUT2D eigenvalue weighted by molar-refractivity contribution is 5.97. The maximum atomic E-state index is 12.0. The second-order valence-corrected chi connectivity index (χ2v) is 5.56. The number of carbonyl (C=O) groups excluding carboxylic acids is 2. The molecule has 1 aromatic rings.